The normalized spacial score (nSPS) is 16.9. The fraction of sp³-hybridized carbons (Fsp3) is 0.545. The number of H-pyrrole nitrogens is 1. The Bertz CT molecular complexity index is 553. The van der Waals surface area contributed by atoms with Crippen molar-refractivity contribution >= 4 is 40.2 Å². The van der Waals surface area contributed by atoms with Crippen molar-refractivity contribution in [3.63, 3.8) is 0 Å². The van der Waals surface area contributed by atoms with E-state index in [1.54, 1.807) is 6.20 Å². The highest BCUT2D eigenvalue weighted by molar-refractivity contribution is 7.99. The van der Waals surface area contributed by atoms with Crippen LogP contribution in [0, 0.1) is 0 Å². The number of aromatic nitrogens is 4. The molecule has 19 heavy (non-hydrogen) atoms. The minimum absolute atomic E-state index is 0.230. The number of hydrogen-bond acceptors (Lipinski definition) is 6. The molecule has 2 aromatic heterocycles. The average Bonchev–Trinajstić information content (AvgIpc) is 2.88. The van der Waals surface area contributed by atoms with Gasteiger partial charge in [0.2, 0.25) is 5.28 Å². The largest absolute Gasteiger partial charge is 0.368 e. The second-order valence-electron chi connectivity index (χ2n) is 4.35. The van der Waals surface area contributed by atoms with Crippen LogP contribution >= 0.6 is 23.4 Å². The summed E-state index contributed by atoms with van der Waals surface area (Å²) in [5.41, 5.74) is 0.664. The van der Waals surface area contributed by atoms with Crippen LogP contribution in [-0.4, -0.2) is 62.7 Å². The van der Waals surface area contributed by atoms with Crippen LogP contribution in [0.15, 0.2) is 6.20 Å². The Morgan fingerprint density at radius 3 is 3.05 bits per heavy atom. The molecule has 2 aromatic rings. The number of hydrogen-bond donors (Lipinski definition) is 2. The highest BCUT2D eigenvalue weighted by atomic mass is 35.5. The lowest BCUT2D eigenvalue weighted by Crippen LogP contribution is -2.36. The van der Waals surface area contributed by atoms with Crippen LogP contribution < -0.4 is 5.32 Å². The van der Waals surface area contributed by atoms with Crippen molar-refractivity contribution in [1.82, 2.24) is 25.1 Å². The predicted molar refractivity (Wildman–Crippen MR) is 78.9 cm³/mol. The van der Waals surface area contributed by atoms with Crippen molar-refractivity contribution in [1.29, 1.82) is 0 Å². The number of thioether (sulfide) groups is 1. The van der Waals surface area contributed by atoms with Gasteiger partial charge in [-0.3, -0.25) is 10.00 Å². The van der Waals surface area contributed by atoms with Crippen molar-refractivity contribution in [2.45, 2.75) is 0 Å². The quantitative estimate of drug-likeness (QED) is 0.833. The number of halogens is 1. The Labute approximate surface area is 120 Å². The molecule has 0 aliphatic carbocycles. The molecular formula is C11H15ClN6S. The molecule has 8 heteroatoms. The average molecular weight is 299 g/mol. The van der Waals surface area contributed by atoms with Gasteiger partial charge in [-0.25, -0.2) is 0 Å². The van der Waals surface area contributed by atoms with Gasteiger partial charge in [-0.2, -0.15) is 26.8 Å². The van der Waals surface area contributed by atoms with E-state index in [2.05, 4.69) is 30.4 Å². The van der Waals surface area contributed by atoms with Gasteiger partial charge >= 0.3 is 0 Å². The molecule has 0 saturated carbocycles. The zero-order chi connectivity index (χ0) is 13.1. The van der Waals surface area contributed by atoms with E-state index < -0.39 is 0 Å². The Balaban J connectivity index is 1.63. The summed E-state index contributed by atoms with van der Waals surface area (Å²) >= 11 is 7.91. The van der Waals surface area contributed by atoms with Crippen LogP contribution in [0.5, 0.6) is 0 Å². The van der Waals surface area contributed by atoms with Gasteiger partial charge in [0.05, 0.1) is 11.6 Å². The molecule has 0 spiro atoms. The zero-order valence-corrected chi connectivity index (χ0v) is 12.0. The molecule has 0 aromatic carbocycles. The highest BCUT2D eigenvalue weighted by Crippen LogP contribution is 2.19. The maximum Gasteiger partial charge on any atom is 0.226 e. The molecule has 1 fully saturated rings. The first kappa shape index (κ1) is 13.0. The number of fused-ring (bicyclic) bond motifs is 1. The monoisotopic (exact) mass is 298 g/mol. The Morgan fingerprint density at radius 1 is 1.37 bits per heavy atom. The van der Waals surface area contributed by atoms with E-state index >= 15 is 0 Å². The van der Waals surface area contributed by atoms with Crippen molar-refractivity contribution in [2.75, 3.05) is 43.0 Å². The molecule has 0 bridgehead atoms. The Morgan fingerprint density at radius 2 is 2.21 bits per heavy atom. The lowest BCUT2D eigenvalue weighted by atomic mass is 10.4. The van der Waals surface area contributed by atoms with Crippen LogP contribution in [0.1, 0.15) is 0 Å². The van der Waals surface area contributed by atoms with Crippen LogP contribution in [0.3, 0.4) is 0 Å². The van der Waals surface area contributed by atoms with Gasteiger partial charge in [0.1, 0.15) is 5.82 Å². The van der Waals surface area contributed by atoms with Gasteiger partial charge in [-0.1, -0.05) is 0 Å². The van der Waals surface area contributed by atoms with Crippen LogP contribution in [0.2, 0.25) is 5.28 Å². The lowest BCUT2D eigenvalue weighted by molar-refractivity contribution is 0.314. The smallest absolute Gasteiger partial charge is 0.226 e. The molecule has 3 rings (SSSR count). The molecule has 6 nitrogen and oxygen atoms in total. The lowest BCUT2D eigenvalue weighted by Gasteiger charge is -2.26. The second-order valence-corrected chi connectivity index (χ2v) is 5.92. The summed E-state index contributed by atoms with van der Waals surface area (Å²) in [5.74, 6) is 3.20. The van der Waals surface area contributed by atoms with Gasteiger partial charge in [0, 0.05) is 37.7 Å². The fourth-order valence-corrected chi connectivity index (χ4v) is 3.25. The Kier molecular flexibility index (Phi) is 4.05. The minimum atomic E-state index is 0.230. The maximum absolute atomic E-state index is 5.89. The molecule has 3 heterocycles. The third-order valence-corrected chi connectivity index (χ3v) is 4.22. The maximum atomic E-state index is 5.89. The molecular weight excluding hydrogens is 284 g/mol. The SMILES string of the molecule is Clc1nc(NCCN2CCSCC2)c2cn[nH]c2n1. The second kappa shape index (κ2) is 5.94. The van der Waals surface area contributed by atoms with Crippen LogP contribution in [-0.2, 0) is 0 Å². The van der Waals surface area contributed by atoms with Crippen molar-refractivity contribution in [2.24, 2.45) is 0 Å². The summed E-state index contributed by atoms with van der Waals surface area (Å²) in [7, 11) is 0. The third kappa shape index (κ3) is 3.10. The first-order valence-electron chi connectivity index (χ1n) is 6.23. The van der Waals surface area contributed by atoms with Gasteiger partial charge in [-0.15, -0.1) is 0 Å². The fourth-order valence-electron chi connectivity index (χ4n) is 2.10. The number of anilines is 1. The van der Waals surface area contributed by atoms with E-state index in [1.165, 1.54) is 11.5 Å². The zero-order valence-electron chi connectivity index (χ0n) is 10.4. The topological polar surface area (TPSA) is 69.7 Å². The Hall–Kier alpha value is -1.05. The van der Waals surface area contributed by atoms with Crippen LogP contribution in [0.4, 0.5) is 5.82 Å². The predicted octanol–water partition coefficient (Wildman–Crippen LogP) is 1.47. The molecule has 1 aliphatic rings. The molecule has 1 aliphatic heterocycles. The summed E-state index contributed by atoms with van der Waals surface area (Å²) in [6.45, 7) is 4.19. The molecule has 0 amide bonds. The van der Waals surface area contributed by atoms with E-state index in [1.807, 2.05) is 11.8 Å². The summed E-state index contributed by atoms with van der Waals surface area (Å²) < 4.78 is 0. The van der Waals surface area contributed by atoms with Gasteiger partial charge < -0.3 is 5.32 Å². The third-order valence-electron chi connectivity index (χ3n) is 3.11. The van der Waals surface area contributed by atoms with Gasteiger partial charge in [-0.05, 0) is 11.6 Å². The summed E-state index contributed by atoms with van der Waals surface area (Å²) in [6, 6.07) is 0. The summed E-state index contributed by atoms with van der Waals surface area (Å²) in [6.07, 6.45) is 1.71. The number of aromatic amines is 1. The van der Waals surface area contributed by atoms with Gasteiger partial charge in [0.25, 0.3) is 0 Å². The van der Waals surface area contributed by atoms with E-state index in [-0.39, 0.29) is 5.28 Å². The van der Waals surface area contributed by atoms with Crippen molar-refractivity contribution in [3.8, 4) is 0 Å². The summed E-state index contributed by atoms with van der Waals surface area (Å²) in [4.78, 5) is 10.8. The minimum Gasteiger partial charge on any atom is -0.368 e. The number of rotatable bonds is 4. The standard InChI is InChI=1S/C11H15ClN6S/c12-11-15-9(8-7-14-17-10(8)16-11)13-1-2-18-3-5-19-6-4-18/h7H,1-6H2,(H2,13,14,15,16,17). The molecule has 0 atom stereocenters. The first-order valence-corrected chi connectivity index (χ1v) is 7.77. The van der Waals surface area contributed by atoms with Crippen molar-refractivity contribution in [3.05, 3.63) is 11.5 Å². The van der Waals surface area contributed by atoms with E-state index in [9.17, 15) is 0 Å². The molecule has 2 N–H and O–H groups in total. The summed E-state index contributed by atoms with van der Waals surface area (Å²) in [5, 5.41) is 11.2. The molecule has 0 radical (unpaired) electrons. The van der Waals surface area contributed by atoms with Gasteiger partial charge in [0.15, 0.2) is 5.65 Å². The van der Waals surface area contributed by atoms with Crippen LogP contribution in [0.25, 0.3) is 11.0 Å². The number of nitrogens with zero attached hydrogens (tertiary/aromatic N) is 4. The van der Waals surface area contributed by atoms with E-state index in [0.29, 0.717) is 5.65 Å². The van der Waals surface area contributed by atoms with Crippen molar-refractivity contribution < 1.29 is 0 Å². The number of nitrogens with one attached hydrogen (secondary N) is 2. The molecule has 102 valence electrons. The molecule has 1 saturated heterocycles. The van der Waals surface area contributed by atoms with E-state index in [4.69, 9.17) is 11.6 Å². The first-order chi connectivity index (χ1) is 9.33. The molecule has 0 unspecified atom stereocenters. The highest BCUT2D eigenvalue weighted by Gasteiger charge is 2.11. The van der Waals surface area contributed by atoms with E-state index in [0.717, 1.165) is 37.4 Å².